The van der Waals surface area contributed by atoms with Crippen molar-refractivity contribution in [1.82, 2.24) is 5.32 Å². The van der Waals surface area contributed by atoms with Gasteiger partial charge in [0.15, 0.2) is 0 Å². The molecule has 24 heavy (non-hydrogen) atoms. The molecule has 0 saturated carbocycles. The van der Waals surface area contributed by atoms with E-state index in [0.29, 0.717) is 13.0 Å². The van der Waals surface area contributed by atoms with Crippen molar-refractivity contribution in [2.45, 2.75) is 26.3 Å². The van der Waals surface area contributed by atoms with Gasteiger partial charge in [-0.3, -0.25) is 4.79 Å². The Kier molecular flexibility index (Phi) is 4.79. The fourth-order valence-electron chi connectivity index (χ4n) is 2.78. The Morgan fingerprint density at radius 1 is 1.12 bits per heavy atom. The molecule has 2 aromatic rings. The normalized spacial score (nSPS) is 13.9. The van der Waals surface area contributed by atoms with Gasteiger partial charge in [-0.15, -0.1) is 0 Å². The topological polar surface area (TPSA) is 61.4 Å². The Hall–Kier alpha value is -2.82. The number of carbonyl (C=O) groups is 2. The molecule has 0 bridgehead atoms. The summed E-state index contributed by atoms with van der Waals surface area (Å²) in [6, 6.07) is 15.2. The highest BCUT2D eigenvalue weighted by Gasteiger charge is 2.21. The van der Waals surface area contributed by atoms with Crippen molar-refractivity contribution in [3.63, 3.8) is 0 Å². The number of hydrogen-bond donors (Lipinski definition) is 2. The smallest absolute Gasteiger partial charge is 0.319 e. The van der Waals surface area contributed by atoms with Crippen molar-refractivity contribution in [2.75, 3.05) is 16.8 Å². The van der Waals surface area contributed by atoms with E-state index in [0.717, 1.165) is 35.5 Å². The van der Waals surface area contributed by atoms with E-state index >= 15 is 0 Å². The van der Waals surface area contributed by atoms with E-state index in [4.69, 9.17) is 0 Å². The quantitative estimate of drug-likeness (QED) is 0.905. The lowest BCUT2D eigenvalue weighted by atomic mass is 10.2. The van der Waals surface area contributed by atoms with E-state index in [2.05, 4.69) is 10.6 Å². The molecule has 0 radical (unpaired) electrons. The van der Waals surface area contributed by atoms with Crippen LogP contribution in [0.15, 0.2) is 48.5 Å². The zero-order chi connectivity index (χ0) is 16.9. The van der Waals surface area contributed by atoms with Crippen LogP contribution in [0, 0.1) is 6.92 Å². The SMILES string of the molecule is Cc1ccccc1NC(=O)NCc1ccc(N2CCCC2=O)cc1. The number of para-hydroxylation sites is 1. The Bertz CT molecular complexity index is 741. The zero-order valence-electron chi connectivity index (χ0n) is 13.7. The van der Waals surface area contributed by atoms with E-state index in [9.17, 15) is 9.59 Å². The average Bonchev–Trinajstić information content (AvgIpc) is 3.02. The van der Waals surface area contributed by atoms with Crippen LogP contribution < -0.4 is 15.5 Å². The van der Waals surface area contributed by atoms with Crippen LogP contribution in [0.1, 0.15) is 24.0 Å². The van der Waals surface area contributed by atoms with Crippen LogP contribution in [0.2, 0.25) is 0 Å². The molecule has 1 aliphatic heterocycles. The monoisotopic (exact) mass is 323 g/mol. The summed E-state index contributed by atoms with van der Waals surface area (Å²) in [5, 5.41) is 5.68. The van der Waals surface area contributed by atoms with E-state index in [1.54, 1.807) is 0 Å². The van der Waals surface area contributed by atoms with Crippen molar-refractivity contribution in [3.8, 4) is 0 Å². The molecule has 0 spiro atoms. The van der Waals surface area contributed by atoms with Crippen LogP contribution in [0.5, 0.6) is 0 Å². The van der Waals surface area contributed by atoms with Gasteiger partial charge in [-0.05, 0) is 42.7 Å². The van der Waals surface area contributed by atoms with Gasteiger partial charge in [-0.2, -0.15) is 0 Å². The highest BCUT2D eigenvalue weighted by atomic mass is 16.2. The van der Waals surface area contributed by atoms with Gasteiger partial charge in [0, 0.05) is 30.9 Å². The summed E-state index contributed by atoms with van der Waals surface area (Å²) in [5.74, 6) is 0.179. The largest absolute Gasteiger partial charge is 0.334 e. The Morgan fingerprint density at radius 3 is 2.54 bits per heavy atom. The Balaban J connectivity index is 1.54. The standard InChI is InChI=1S/C19H21N3O2/c1-14-5-2-3-6-17(14)21-19(24)20-13-15-8-10-16(11-9-15)22-12-4-7-18(22)23/h2-3,5-6,8-11H,4,7,12-13H2,1H3,(H2,20,21,24). The minimum atomic E-state index is -0.233. The molecular weight excluding hydrogens is 302 g/mol. The Labute approximate surface area is 141 Å². The lowest BCUT2D eigenvalue weighted by Gasteiger charge is -2.16. The van der Waals surface area contributed by atoms with E-state index in [1.165, 1.54) is 0 Å². The Morgan fingerprint density at radius 2 is 1.88 bits per heavy atom. The third-order valence-corrected chi connectivity index (χ3v) is 4.17. The number of urea groups is 1. The van der Waals surface area contributed by atoms with Crippen LogP contribution >= 0.6 is 0 Å². The van der Waals surface area contributed by atoms with Crippen molar-refractivity contribution in [3.05, 3.63) is 59.7 Å². The molecular formula is C19H21N3O2. The average molecular weight is 323 g/mol. The molecule has 5 nitrogen and oxygen atoms in total. The van der Waals surface area contributed by atoms with Crippen LogP contribution in [-0.4, -0.2) is 18.5 Å². The highest BCUT2D eigenvalue weighted by molar-refractivity contribution is 5.95. The predicted octanol–water partition coefficient (Wildman–Crippen LogP) is 3.44. The highest BCUT2D eigenvalue weighted by Crippen LogP contribution is 2.21. The first-order chi connectivity index (χ1) is 11.6. The number of amides is 3. The summed E-state index contributed by atoms with van der Waals surface area (Å²) in [6.45, 7) is 3.18. The number of anilines is 2. The van der Waals surface area contributed by atoms with Crippen LogP contribution in [0.3, 0.4) is 0 Å². The molecule has 1 heterocycles. The second kappa shape index (κ2) is 7.17. The molecule has 0 aliphatic carbocycles. The fourth-order valence-corrected chi connectivity index (χ4v) is 2.78. The lowest BCUT2D eigenvalue weighted by molar-refractivity contribution is -0.117. The number of nitrogens with one attached hydrogen (secondary N) is 2. The number of carbonyl (C=O) groups excluding carboxylic acids is 2. The van der Waals surface area contributed by atoms with Crippen LogP contribution in [0.4, 0.5) is 16.2 Å². The van der Waals surface area contributed by atoms with E-state index < -0.39 is 0 Å². The number of nitrogens with zero attached hydrogens (tertiary/aromatic N) is 1. The first-order valence-corrected chi connectivity index (χ1v) is 8.13. The number of aryl methyl sites for hydroxylation is 1. The molecule has 0 aromatic heterocycles. The van der Waals surface area contributed by atoms with Gasteiger partial charge in [0.2, 0.25) is 5.91 Å². The molecule has 2 N–H and O–H groups in total. The number of rotatable bonds is 4. The van der Waals surface area contributed by atoms with Crippen LogP contribution in [0.25, 0.3) is 0 Å². The van der Waals surface area contributed by atoms with Crippen molar-refractivity contribution >= 4 is 23.3 Å². The maximum absolute atomic E-state index is 12.0. The maximum atomic E-state index is 12.0. The third kappa shape index (κ3) is 3.74. The van der Waals surface area contributed by atoms with Gasteiger partial charge in [0.1, 0.15) is 0 Å². The molecule has 1 saturated heterocycles. The summed E-state index contributed by atoms with van der Waals surface area (Å²) in [6.07, 6.45) is 1.55. The van der Waals surface area contributed by atoms with Gasteiger partial charge >= 0.3 is 6.03 Å². The molecule has 3 amide bonds. The molecule has 0 atom stereocenters. The minimum absolute atomic E-state index is 0.179. The van der Waals surface area contributed by atoms with Crippen LogP contribution in [-0.2, 0) is 11.3 Å². The number of hydrogen-bond acceptors (Lipinski definition) is 2. The fraction of sp³-hybridized carbons (Fsp3) is 0.263. The number of benzene rings is 2. The van der Waals surface area contributed by atoms with Gasteiger partial charge < -0.3 is 15.5 Å². The summed E-state index contributed by atoms with van der Waals surface area (Å²) < 4.78 is 0. The zero-order valence-corrected chi connectivity index (χ0v) is 13.7. The van der Waals surface area contributed by atoms with E-state index in [-0.39, 0.29) is 11.9 Å². The summed E-state index contributed by atoms with van der Waals surface area (Å²) in [4.78, 5) is 25.5. The molecule has 124 valence electrons. The first-order valence-electron chi connectivity index (χ1n) is 8.13. The molecule has 1 fully saturated rings. The minimum Gasteiger partial charge on any atom is -0.334 e. The molecule has 0 unspecified atom stereocenters. The maximum Gasteiger partial charge on any atom is 0.319 e. The van der Waals surface area contributed by atoms with Gasteiger partial charge in [-0.1, -0.05) is 30.3 Å². The van der Waals surface area contributed by atoms with Gasteiger partial charge in [0.05, 0.1) is 0 Å². The van der Waals surface area contributed by atoms with Crippen molar-refractivity contribution in [2.24, 2.45) is 0 Å². The first kappa shape index (κ1) is 16.1. The van der Waals surface area contributed by atoms with Gasteiger partial charge in [-0.25, -0.2) is 4.79 Å². The van der Waals surface area contributed by atoms with Crippen molar-refractivity contribution < 1.29 is 9.59 Å². The van der Waals surface area contributed by atoms with Gasteiger partial charge in [0.25, 0.3) is 0 Å². The predicted molar refractivity (Wildman–Crippen MR) is 95.1 cm³/mol. The molecule has 2 aromatic carbocycles. The van der Waals surface area contributed by atoms with E-state index in [1.807, 2.05) is 60.4 Å². The lowest BCUT2D eigenvalue weighted by Crippen LogP contribution is -2.28. The third-order valence-electron chi connectivity index (χ3n) is 4.17. The van der Waals surface area contributed by atoms with Crippen molar-refractivity contribution in [1.29, 1.82) is 0 Å². The summed E-state index contributed by atoms with van der Waals surface area (Å²) in [7, 11) is 0. The second-order valence-corrected chi connectivity index (χ2v) is 5.94. The second-order valence-electron chi connectivity index (χ2n) is 5.94. The summed E-state index contributed by atoms with van der Waals surface area (Å²) in [5.41, 5.74) is 3.74. The molecule has 3 rings (SSSR count). The molecule has 5 heteroatoms. The molecule has 1 aliphatic rings. The summed E-state index contributed by atoms with van der Waals surface area (Å²) >= 11 is 0.